The second-order valence-corrected chi connectivity index (χ2v) is 4.30. The van der Waals surface area contributed by atoms with Crippen LogP contribution >= 0.6 is 0 Å². The van der Waals surface area contributed by atoms with Gasteiger partial charge in [0.1, 0.15) is 0 Å². The lowest BCUT2D eigenvalue weighted by Gasteiger charge is -2.31. The highest BCUT2D eigenvalue weighted by molar-refractivity contribution is 5.74. The molecule has 0 spiro atoms. The van der Waals surface area contributed by atoms with Crippen LogP contribution in [0.25, 0.3) is 0 Å². The van der Waals surface area contributed by atoms with Crippen molar-refractivity contribution in [2.24, 2.45) is 0 Å². The molecule has 0 aliphatic carbocycles. The Bertz CT molecular complexity index is 410. The summed E-state index contributed by atoms with van der Waals surface area (Å²) < 4.78 is 5.25. The van der Waals surface area contributed by atoms with Gasteiger partial charge in [-0.3, -0.25) is 0 Å². The molecule has 0 atom stereocenters. The average molecular weight is 237 g/mol. The molecule has 2 rings (SSSR count). The van der Waals surface area contributed by atoms with E-state index in [-0.39, 0.29) is 6.03 Å². The molecule has 0 N–H and O–H groups in total. The largest absolute Gasteiger partial charge is 0.359 e. The van der Waals surface area contributed by atoms with E-state index in [1.165, 1.54) is 5.56 Å². The van der Waals surface area contributed by atoms with Crippen LogP contribution in [0.1, 0.15) is 30.9 Å². The predicted octanol–water partition coefficient (Wildman–Crippen LogP) is 1.80. The molecule has 5 nitrogen and oxygen atoms in total. The number of carbonyl (C=O) groups is 1. The SMILES string of the molecule is CCN(CC)C(=O)N1CCc2c(C)noc2C1. The highest BCUT2D eigenvalue weighted by Crippen LogP contribution is 2.22. The van der Waals surface area contributed by atoms with Crippen LogP contribution in [0, 0.1) is 6.92 Å². The van der Waals surface area contributed by atoms with Crippen LogP contribution in [-0.2, 0) is 13.0 Å². The minimum absolute atomic E-state index is 0.0923. The van der Waals surface area contributed by atoms with Gasteiger partial charge in [0.2, 0.25) is 0 Å². The molecule has 0 aromatic carbocycles. The Morgan fingerprint density at radius 3 is 2.82 bits per heavy atom. The topological polar surface area (TPSA) is 49.6 Å². The van der Waals surface area contributed by atoms with Crippen LogP contribution in [0.2, 0.25) is 0 Å². The molecule has 2 amide bonds. The number of nitrogens with zero attached hydrogens (tertiary/aromatic N) is 3. The van der Waals surface area contributed by atoms with Gasteiger partial charge in [0.25, 0.3) is 0 Å². The van der Waals surface area contributed by atoms with Gasteiger partial charge in [-0.05, 0) is 27.2 Å². The van der Waals surface area contributed by atoms with E-state index < -0.39 is 0 Å². The fourth-order valence-electron chi connectivity index (χ4n) is 2.24. The average Bonchev–Trinajstić information content (AvgIpc) is 2.72. The van der Waals surface area contributed by atoms with Crippen molar-refractivity contribution < 1.29 is 9.32 Å². The van der Waals surface area contributed by atoms with Gasteiger partial charge in [-0.1, -0.05) is 5.16 Å². The molecule has 2 heterocycles. The van der Waals surface area contributed by atoms with Crippen molar-refractivity contribution in [2.75, 3.05) is 19.6 Å². The van der Waals surface area contributed by atoms with Gasteiger partial charge >= 0.3 is 6.03 Å². The summed E-state index contributed by atoms with van der Waals surface area (Å²) in [6.07, 6.45) is 0.845. The third kappa shape index (κ3) is 2.14. The fourth-order valence-corrected chi connectivity index (χ4v) is 2.24. The number of hydrogen-bond acceptors (Lipinski definition) is 3. The molecule has 0 bridgehead atoms. The van der Waals surface area contributed by atoms with E-state index in [4.69, 9.17) is 4.52 Å². The summed E-state index contributed by atoms with van der Waals surface area (Å²) in [4.78, 5) is 15.8. The summed E-state index contributed by atoms with van der Waals surface area (Å²) in [5, 5.41) is 3.95. The van der Waals surface area contributed by atoms with Gasteiger partial charge in [-0.15, -0.1) is 0 Å². The van der Waals surface area contributed by atoms with Crippen molar-refractivity contribution in [3.05, 3.63) is 17.0 Å². The molecule has 94 valence electrons. The Hall–Kier alpha value is -1.52. The van der Waals surface area contributed by atoms with E-state index in [2.05, 4.69) is 5.16 Å². The molecule has 1 aliphatic rings. The van der Waals surface area contributed by atoms with Crippen molar-refractivity contribution in [1.82, 2.24) is 15.0 Å². The Kier molecular flexibility index (Phi) is 3.36. The van der Waals surface area contributed by atoms with Crippen molar-refractivity contribution in [1.29, 1.82) is 0 Å². The van der Waals surface area contributed by atoms with Gasteiger partial charge in [0.15, 0.2) is 5.76 Å². The zero-order chi connectivity index (χ0) is 12.4. The molecule has 5 heteroatoms. The highest BCUT2D eigenvalue weighted by Gasteiger charge is 2.27. The Labute approximate surface area is 101 Å². The summed E-state index contributed by atoms with van der Waals surface area (Å²) >= 11 is 0. The second-order valence-electron chi connectivity index (χ2n) is 4.30. The minimum Gasteiger partial charge on any atom is -0.359 e. The quantitative estimate of drug-likeness (QED) is 0.788. The molecule has 17 heavy (non-hydrogen) atoms. The van der Waals surface area contributed by atoms with Crippen LogP contribution < -0.4 is 0 Å². The molecule has 1 aliphatic heterocycles. The molecule has 1 aromatic rings. The molecule has 1 aromatic heterocycles. The maximum absolute atomic E-state index is 12.2. The number of aromatic nitrogens is 1. The molecular weight excluding hydrogens is 218 g/mol. The Balaban J connectivity index is 2.09. The third-order valence-electron chi connectivity index (χ3n) is 3.34. The van der Waals surface area contributed by atoms with Crippen molar-refractivity contribution in [3.8, 4) is 0 Å². The van der Waals surface area contributed by atoms with Gasteiger partial charge in [-0.2, -0.15) is 0 Å². The first-order valence-corrected chi connectivity index (χ1v) is 6.15. The number of carbonyl (C=O) groups excluding carboxylic acids is 1. The van der Waals surface area contributed by atoms with Crippen LogP contribution in [0.3, 0.4) is 0 Å². The summed E-state index contributed by atoms with van der Waals surface area (Å²) in [7, 11) is 0. The smallest absolute Gasteiger partial charge is 0.320 e. The summed E-state index contributed by atoms with van der Waals surface area (Å²) in [6, 6.07) is 0.0923. The van der Waals surface area contributed by atoms with E-state index >= 15 is 0 Å². The number of amides is 2. The van der Waals surface area contributed by atoms with Crippen LogP contribution in [0.5, 0.6) is 0 Å². The monoisotopic (exact) mass is 237 g/mol. The lowest BCUT2D eigenvalue weighted by molar-refractivity contribution is 0.145. The lowest BCUT2D eigenvalue weighted by Crippen LogP contribution is -2.45. The van der Waals surface area contributed by atoms with Crippen molar-refractivity contribution >= 4 is 6.03 Å². The van der Waals surface area contributed by atoms with Crippen LogP contribution in [0.15, 0.2) is 4.52 Å². The van der Waals surface area contributed by atoms with Crippen LogP contribution in [-0.4, -0.2) is 40.6 Å². The lowest BCUT2D eigenvalue weighted by atomic mass is 10.1. The molecule has 0 fully saturated rings. The molecule has 0 radical (unpaired) electrons. The zero-order valence-corrected chi connectivity index (χ0v) is 10.7. The maximum Gasteiger partial charge on any atom is 0.320 e. The first-order valence-electron chi connectivity index (χ1n) is 6.15. The standard InChI is InChI=1S/C12H19N3O2/c1-4-14(5-2)12(16)15-7-6-10-9(3)13-17-11(10)8-15/h4-8H2,1-3H3. The molecular formula is C12H19N3O2. The first-order chi connectivity index (χ1) is 8.17. The normalized spacial score (nSPS) is 14.6. The summed E-state index contributed by atoms with van der Waals surface area (Å²) in [5.41, 5.74) is 2.13. The molecule has 0 saturated carbocycles. The fraction of sp³-hybridized carbons (Fsp3) is 0.667. The minimum atomic E-state index is 0.0923. The Morgan fingerprint density at radius 1 is 1.47 bits per heavy atom. The Morgan fingerprint density at radius 2 is 2.18 bits per heavy atom. The maximum atomic E-state index is 12.2. The van der Waals surface area contributed by atoms with Crippen molar-refractivity contribution in [2.45, 2.75) is 33.7 Å². The third-order valence-corrected chi connectivity index (χ3v) is 3.34. The van der Waals surface area contributed by atoms with E-state index in [0.717, 1.165) is 37.5 Å². The number of urea groups is 1. The van der Waals surface area contributed by atoms with E-state index in [1.807, 2.05) is 30.6 Å². The molecule has 0 unspecified atom stereocenters. The number of fused-ring (bicyclic) bond motifs is 1. The zero-order valence-electron chi connectivity index (χ0n) is 10.7. The van der Waals surface area contributed by atoms with Crippen LogP contribution in [0.4, 0.5) is 4.79 Å². The summed E-state index contributed by atoms with van der Waals surface area (Å²) in [5.74, 6) is 0.842. The number of hydrogen-bond donors (Lipinski definition) is 0. The van der Waals surface area contributed by atoms with Gasteiger partial charge in [-0.25, -0.2) is 4.79 Å². The van der Waals surface area contributed by atoms with E-state index in [1.54, 1.807) is 0 Å². The predicted molar refractivity (Wildman–Crippen MR) is 63.7 cm³/mol. The molecule has 0 saturated heterocycles. The van der Waals surface area contributed by atoms with Gasteiger partial charge in [0.05, 0.1) is 12.2 Å². The van der Waals surface area contributed by atoms with E-state index in [0.29, 0.717) is 6.54 Å². The highest BCUT2D eigenvalue weighted by atomic mass is 16.5. The van der Waals surface area contributed by atoms with E-state index in [9.17, 15) is 4.79 Å². The summed E-state index contributed by atoms with van der Waals surface area (Å²) in [6.45, 7) is 8.73. The van der Waals surface area contributed by atoms with Crippen molar-refractivity contribution in [3.63, 3.8) is 0 Å². The number of aryl methyl sites for hydroxylation is 1. The first kappa shape index (κ1) is 12.0. The van der Waals surface area contributed by atoms with Gasteiger partial charge < -0.3 is 14.3 Å². The van der Waals surface area contributed by atoms with Gasteiger partial charge in [0, 0.05) is 25.2 Å². The second kappa shape index (κ2) is 4.77. The number of rotatable bonds is 2.